The van der Waals surface area contributed by atoms with Crippen molar-refractivity contribution in [3.63, 3.8) is 0 Å². The zero-order valence-electron chi connectivity index (χ0n) is 9.76. The minimum Gasteiger partial charge on any atom is -0.399 e. The quantitative estimate of drug-likeness (QED) is 0.601. The van der Waals surface area contributed by atoms with Gasteiger partial charge in [0.2, 0.25) is 0 Å². The molecule has 0 spiro atoms. The molecule has 3 nitrogen and oxygen atoms in total. The first kappa shape index (κ1) is 11.5. The Kier molecular flexibility index (Phi) is 3.00. The van der Waals surface area contributed by atoms with Crippen molar-refractivity contribution in [3.05, 3.63) is 53.8 Å². The molecular formula is C14H16N2O. The normalized spacial score (nSPS) is 23.2. The average molecular weight is 228 g/mol. The summed E-state index contributed by atoms with van der Waals surface area (Å²) in [5, 5.41) is 0. The third-order valence-electron chi connectivity index (χ3n) is 3.02. The lowest BCUT2D eigenvalue weighted by atomic mass is 9.83. The van der Waals surface area contributed by atoms with Gasteiger partial charge in [0, 0.05) is 22.9 Å². The number of nitrogens with two attached hydrogens (primary N) is 2. The number of hydrogen-bond donors (Lipinski definition) is 2. The molecule has 2 atom stereocenters. The van der Waals surface area contributed by atoms with E-state index in [-0.39, 0.29) is 17.6 Å². The van der Waals surface area contributed by atoms with Crippen molar-refractivity contribution < 1.29 is 4.79 Å². The Morgan fingerprint density at radius 3 is 2.41 bits per heavy atom. The van der Waals surface area contributed by atoms with Gasteiger partial charge in [-0.2, -0.15) is 0 Å². The van der Waals surface area contributed by atoms with Gasteiger partial charge in [0.15, 0.2) is 5.78 Å². The van der Waals surface area contributed by atoms with Crippen molar-refractivity contribution in [2.75, 3.05) is 5.73 Å². The topological polar surface area (TPSA) is 69.1 Å². The van der Waals surface area contributed by atoms with Crippen molar-refractivity contribution >= 4 is 11.5 Å². The van der Waals surface area contributed by atoms with Crippen molar-refractivity contribution in [3.8, 4) is 0 Å². The van der Waals surface area contributed by atoms with Crippen LogP contribution in [0.15, 0.2) is 48.2 Å². The number of ketones is 1. The number of hydrogen-bond acceptors (Lipinski definition) is 3. The van der Waals surface area contributed by atoms with E-state index in [1.807, 2.05) is 19.1 Å². The maximum atomic E-state index is 12.3. The van der Waals surface area contributed by atoms with Gasteiger partial charge < -0.3 is 11.5 Å². The predicted octanol–water partition coefficient (Wildman–Crippen LogP) is 2.12. The highest BCUT2D eigenvalue weighted by Crippen LogP contribution is 2.25. The van der Waals surface area contributed by atoms with E-state index in [1.54, 1.807) is 30.3 Å². The molecule has 0 radical (unpaired) electrons. The molecule has 4 N–H and O–H groups in total. The van der Waals surface area contributed by atoms with Gasteiger partial charge in [-0.05, 0) is 36.3 Å². The number of benzene rings is 1. The van der Waals surface area contributed by atoms with Crippen LogP contribution in [0.25, 0.3) is 0 Å². The van der Waals surface area contributed by atoms with E-state index in [0.717, 1.165) is 5.70 Å². The molecule has 0 amide bonds. The minimum absolute atomic E-state index is 0.109. The van der Waals surface area contributed by atoms with Crippen LogP contribution >= 0.6 is 0 Å². The Labute approximate surface area is 101 Å². The minimum atomic E-state index is -0.133. The Bertz CT molecular complexity index is 485. The smallest absolute Gasteiger partial charge is 0.170 e. The van der Waals surface area contributed by atoms with Gasteiger partial charge in [-0.3, -0.25) is 4.79 Å². The van der Waals surface area contributed by atoms with Crippen LogP contribution < -0.4 is 11.5 Å². The molecule has 0 saturated heterocycles. The maximum absolute atomic E-state index is 12.3. The van der Waals surface area contributed by atoms with Crippen LogP contribution in [0, 0.1) is 11.8 Å². The molecule has 0 aliphatic heterocycles. The van der Waals surface area contributed by atoms with Crippen LogP contribution in [0.4, 0.5) is 5.69 Å². The molecule has 0 saturated carbocycles. The fraction of sp³-hybridized carbons (Fsp3) is 0.214. The molecule has 0 heterocycles. The zero-order valence-corrected chi connectivity index (χ0v) is 9.76. The number of Topliss-reactive ketones (excluding diaryl/α,β-unsaturated/α-hetero) is 1. The van der Waals surface area contributed by atoms with Crippen molar-refractivity contribution in [2.24, 2.45) is 17.6 Å². The fourth-order valence-corrected chi connectivity index (χ4v) is 2.02. The molecule has 1 aromatic carbocycles. The largest absolute Gasteiger partial charge is 0.399 e. The predicted molar refractivity (Wildman–Crippen MR) is 69.2 cm³/mol. The van der Waals surface area contributed by atoms with Crippen LogP contribution in [-0.2, 0) is 0 Å². The number of nitrogen functional groups attached to an aromatic ring is 1. The standard InChI is InChI=1S/C14H16N2O/c1-9-8-12(16)6-7-13(9)14(17)10-2-4-11(15)5-3-10/h2-9,13H,15-16H2,1H3. The first-order chi connectivity index (χ1) is 8.08. The molecule has 3 heteroatoms. The third kappa shape index (κ3) is 2.38. The Morgan fingerprint density at radius 2 is 1.82 bits per heavy atom. The summed E-state index contributed by atoms with van der Waals surface area (Å²) in [6, 6.07) is 7.02. The van der Waals surface area contributed by atoms with E-state index >= 15 is 0 Å². The average Bonchev–Trinajstić information content (AvgIpc) is 2.29. The Hall–Kier alpha value is -2.03. The molecule has 2 unspecified atom stereocenters. The van der Waals surface area contributed by atoms with E-state index in [2.05, 4.69) is 0 Å². The second-order valence-electron chi connectivity index (χ2n) is 4.40. The number of carbonyl (C=O) groups excluding carboxylic acids is 1. The van der Waals surface area contributed by atoms with E-state index in [0.29, 0.717) is 11.3 Å². The summed E-state index contributed by atoms with van der Waals surface area (Å²) in [5.74, 6) is 0.105. The number of rotatable bonds is 2. The summed E-state index contributed by atoms with van der Waals surface area (Å²) in [5.41, 5.74) is 13.4. The molecule has 88 valence electrons. The molecule has 0 aromatic heterocycles. The van der Waals surface area contributed by atoms with Gasteiger partial charge in [0.25, 0.3) is 0 Å². The van der Waals surface area contributed by atoms with Crippen LogP contribution in [0.5, 0.6) is 0 Å². The van der Waals surface area contributed by atoms with E-state index in [9.17, 15) is 4.79 Å². The number of anilines is 1. The monoisotopic (exact) mass is 228 g/mol. The van der Waals surface area contributed by atoms with Gasteiger partial charge >= 0.3 is 0 Å². The van der Waals surface area contributed by atoms with Gasteiger partial charge in [0.05, 0.1) is 0 Å². The molecule has 1 aliphatic carbocycles. The molecular weight excluding hydrogens is 212 g/mol. The number of carbonyl (C=O) groups is 1. The van der Waals surface area contributed by atoms with E-state index < -0.39 is 0 Å². The molecule has 0 fully saturated rings. The first-order valence-electron chi connectivity index (χ1n) is 5.63. The van der Waals surface area contributed by atoms with Crippen molar-refractivity contribution in [1.29, 1.82) is 0 Å². The van der Waals surface area contributed by atoms with Gasteiger partial charge in [-0.15, -0.1) is 0 Å². The highest BCUT2D eigenvalue weighted by molar-refractivity contribution is 5.99. The van der Waals surface area contributed by atoms with Crippen LogP contribution in [0.1, 0.15) is 17.3 Å². The highest BCUT2D eigenvalue weighted by Gasteiger charge is 2.24. The van der Waals surface area contributed by atoms with E-state index in [1.165, 1.54) is 0 Å². The second-order valence-corrected chi connectivity index (χ2v) is 4.40. The lowest BCUT2D eigenvalue weighted by Gasteiger charge is -2.20. The summed E-state index contributed by atoms with van der Waals surface area (Å²) in [6.45, 7) is 2.00. The van der Waals surface area contributed by atoms with Crippen LogP contribution in [-0.4, -0.2) is 5.78 Å². The van der Waals surface area contributed by atoms with Gasteiger partial charge in [-0.25, -0.2) is 0 Å². The SMILES string of the molecule is CC1C=C(N)C=CC1C(=O)c1ccc(N)cc1. The second kappa shape index (κ2) is 4.45. The summed E-state index contributed by atoms with van der Waals surface area (Å²) in [7, 11) is 0. The van der Waals surface area contributed by atoms with Gasteiger partial charge in [0.1, 0.15) is 0 Å². The molecule has 1 aromatic rings. The van der Waals surface area contributed by atoms with Crippen molar-refractivity contribution in [2.45, 2.75) is 6.92 Å². The molecule has 0 bridgehead atoms. The Morgan fingerprint density at radius 1 is 1.18 bits per heavy atom. The van der Waals surface area contributed by atoms with Crippen LogP contribution in [0.3, 0.4) is 0 Å². The summed E-state index contributed by atoms with van der Waals surface area (Å²) in [4.78, 5) is 12.3. The molecule has 2 rings (SSSR count). The lowest BCUT2D eigenvalue weighted by molar-refractivity contribution is 0.0925. The van der Waals surface area contributed by atoms with Gasteiger partial charge in [-0.1, -0.05) is 19.1 Å². The molecule has 17 heavy (non-hydrogen) atoms. The third-order valence-corrected chi connectivity index (χ3v) is 3.02. The van der Waals surface area contributed by atoms with E-state index in [4.69, 9.17) is 11.5 Å². The van der Waals surface area contributed by atoms with Crippen LogP contribution in [0.2, 0.25) is 0 Å². The lowest BCUT2D eigenvalue weighted by Crippen LogP contribution is -2.22. The maximum Gasteiger partial charge on any atom is 0.170 e. The highest BCUT2D eigenvalue weighted by atomic mass is 16.1. The summed E-state index contributed by atoms with van der Waals surface area (Å²) >= 11 is 0. The molecule has 1 aliphatic rings. The number of allylic oxidation sites excluding steroid dienone is 3. The summed E-state index contributed by atoms with van der Waals surface area (Å²) < 4.78 is 0. The first-order valence-corrected chi connectivity index (χ1v) is 5.63. The zero-order chi connectivity index (χ0) is 12.4. The van der Waals surface area contributed by atoms with Crippen molar-refractivity contribution in [1.82, 2.24) is 0 Å². The summed E-state index contributed by atoms with van der Waals surface area (Å²) in [6.07, 6.45) is 5.58. The Balaban J connectivity index is 2.22. The fourth-order valence-electron chi connectivity index (χ4n) is 2.02.